The third-order valence-corrected chi connectivity index (χ3v) is 19.9. The molecule has 3 saturated carbocycles. The number of hydrogen-bond acceptors (Lipinski definition) is 11. The predicted molar refractivity (Wildman–Crippen MR) is 335 cm³/mol. The topological polar surface area (TPSA) is 259 Å². The summed E-state index contributed by atoms with van der Waals surface area (Å²) in [6.07, 6.45) is 4.29. The highest BCUT2D eigenvalue weighted by Crippen LogP contribution is 2.38. The summed E-state index contributed by atoms with van der Waals surface area (Å²) in [7, 11) is 8.63. The van der Waals surface area contributed by atoms with Crippen molar-refractivity contribution >= 4 is 76.6 Å². The number of halogens is 4. The second-order valence-electron chi connectivity index (χ2n) is 27.0. The van der Waals surface area contributed by atoms with Crippen molar-refractivity contribution in [1.82, 2.24) is 55.6 Å². The van der Waals surface area contributed by atoms with Gasteiger partial charge in [0.1, 0.15) is 41.8 Å². The van der Waals surface area contributed by atoms with E-state index in [9.17, 15) is 56.3 Å². The van der Waals surface area contributed by atoms with Crippen LogP contribution in [0.15, 0.2) is 18.2 Å². The molecule has 22 nitrogen and oxygen atoms in total. The van der Waals surface area contributed by atoms with Gasteiger partial charge >= 0.3 is 6.18 Å². The SMILES string of the molecule is CC[C@H](C)[C@@H]1NC(=O)[C@H](CC(C)C)N(C)C(=O)C[C@@H](C)NC(=O)[C@H](C2CCC2)N(C)C(=O)C2(CCCC2)NC(=O)C2CCCN2C(=O)[C@H](CCc2ccc(C(F)(F)F)c(Cl)c2)NC(=O)CN(C)C(=O)[C@H](CC2CCCCC2)N(C)C(=O)CN(C)C(=O)CN(C)C1=O. The van der Waals surface area contributed by atoms with Gasteiger partial charge in [-0.15, -0.1) is 0 Å². The normalized spacial score (nSPS) is 27.1. The highest BCUT2D eigenvalue weighted by atomic mass is 35.5. The molecule has 91 heavy (non-hydrogen) atoms. The molecule has 1 aromatic carbocycles. The highest BCUT2D eigenvalue weighted by Gasteiger charge is 2.51. The number of fused-ring (bicyclic) bond motifs is 1. The number of rotatable bonds is 10. The van der Waals surface area contributed by atoms with E-state index < -0.39 is 155 Å². The molecule has 5 aliphatic rings. The molecule has 11 amide bonds. The van der Waals surface area contributed by atoms with Crippen molar-refractivity contribution in [3.05, 3.63) is 34.3 Å². The molecular weight excluding hydrogens is 1200 g/mol. The molecule has 0 bridgehead atoms. The van der Waals surface area contributed by atoms with Gasteiger partial charge in [-0.25, -0.2) is 0 Å². The number of aryl methyl sites for hydroxylation is 1. The van der Waals surface area contributed by atoms with Gasteiger partial charge in [-0.3, -0.25) is 52.7 Å². The van der Waals surface area contributed by atoms with E-state index in [0.717, 1.165) is 60.5 Å². The average molecular weight is 1300 g/mol. The van der Waals surface area contributed by atoms with E-state index in [0.29, 0.717) is 44.1 Å². The second kappa shape index (κ2) is 32.4. The zero-order valence-corrected chi connectivity index (χ0v) is 55.9. The lowest BCUT2D eigenvalue weighted by atomic mass is 9.78. The molecule has 4 N–H and O–H groups in total. The number of nitrogens with zero attached hydrogens (tertiary/aromatic N) is 7. The minimum absolute atomic E-state index is 0.0360. The molecule has 508 valence electrons. The first-order valence-electron chi connectivity index (χ1n) is 32.7. The summed E-state index contributed by atoms with van der Waals surface area (Å²) in [6, 6.07) is -4.41. The smallest absolute Gasteiger partial charge is 0.351 e. The maximum Gasteiger partial charge on any atom is 0.417 e. The molecule has 1 aromatic rings. The molecule has 8 atom stereocenters. The van der Waals surface area contributed by atoms with Gasteiger partial charge in [0.25, 0.3) is 0 Å². The number of benzene rings is 1. The number of likely N-dealkylation sites (N-methyl/N-ethyl adjacent to an activating group) is 6. The van der Waals surface area contributed by atoms with Crippen molar-refractivity contribution in [3.63, 3.8) is 0 Å². The van der Waals surface area contributed by atoms with E-state index >= 15 is 9.59 Å². The first-order valence-corrected chi connectivity index (χ1v) is 33.1. The quantitative estimate of drug-likeness (QED) is 0.234. The van der Waals surface area contributed by atoms with Crippen LogP contribution >= 0.6 is 11.6 Å². The van der Waals surface area contributed by atoms with Crippen LogP contribution in [0.2, 0.25) is 5.02 Å². The van der Waals surface area contributed by atoms with Gasteiger partial charge in [0.2, 0.25) is 65.0 Å². The Bertz CT molecular complexity index is 2810. The lowest BCUT2D eigenvalue weighted by molar-refractivity contribution is -0.150. The van der Waals surface area contributed by atoms with Gasteiger partial charge in [-0.05, 0) is 112 Å². The molecular formula is C65H99ClF3N11O11. The van der Waals surface area contributed by atoms with Gasteiger partial charge in [0.15, 0.2) is 0 Å². The third kappa shape index (κ3) is 18.8. The number of carbonyl (C=O) groups excluding carboxylic acids is 11. The minimum atomic E-state index is -4.74. The molecule has 0 aromatic heterocycles. The molecule has 5 fully saturated rings. The Balaban J connectivity index is 1.36. The van der Waals surface area contributed by atoms with E-state index in [1.807, 2.05) is 20.8 Å². The summed E-state index contributed by atoms with van der Waals surface area (Å²) in [5.74, 6) is -7.37. The number of amides is 11. The molecule has 6 rings (SSSR count). The first-order chi connectivity index (χ1) is 42.8. The number of alkyl halides is 3. The summed E-state index contributed by atoms with van der Waals surface area (Å²) in [5, 5.41) is 11.1. The van der Waals surface area contributed by atoms with E-state index in [1.165, 1.54) is 72.9 Å². The third-order valence-electron chi connectivity index (χ3n) is 19.6. The van der Waals surface area contributed by atoms with E-state index in [2.05, 4.69) is 21.3 Å². The Morgan fingerprint density at radius 1 is 0.648 bits per heavy atom. The summed E-state index contributed by atoms with van der Waals surface area (Å²) in [6.45, 7) is 7.52. The Hall–Kier alpha value is -6.53. The lowest BCUT2D eigenvalue weighted by Crippen LogP contribution is -2.65. The predicted octanol–water partition coefficient (Wildman–Crippen LogP) is 5.31. The first kappa shape index (κ1) is 73.5. The van der Waals surface area contributed by atoms with Crippen LogP contribution in [-0.2, 0) is 65.3 Å². The zero-order chi connectivity index (χ0) is 67.4. The molecule has 1 spiro atoms. The Kier molecular flexibility index (Phi) is 26.1. The fourth-order valence-electron chi connectivity index (χ4n) is 13.6. The van der Waals surface area contributed by atoms with Crippen LogP contribution in [0.4, 0.5) is 13.2 Å². The van der Waals surface area contributed by atoms with E-state index in [-0.39, 0.29) is 75.7 Å². The summed E-state index contributed by atoms with van der Waals surface area (Å²) < 4.78 is 41.3. The van der Waals surface area contributed by atoms with Crippen molar-refractivity contribution < 1.29 is 65.9 Å². The van der Waals surface area contributed by atoms with Crippen molar-refractivity contribution in [2.75, 3.05) is 68.5 Å². The second-order valence-corrected chi connectivity index (χ2v) is 27.4. The van der Waals surface area contributed by atoms with Crippen LogP contribution in [0.25, 0.3) is 0 Å². The summed E-state index contributed by atoms with van der Waals surface area (Å²) >= 11 is 6.12. The van der Waals surface area contributed by atoms with Gasteiger partial charge < -0.3 is 55.6 Å². The van der Waals surface area contributed by atoms with Gasteiger partial charge in [0.05, 0.1) is 30.2 Å². The molecule has 2 saturated heterocycles. The van der Waals surface area contributed by atoms with Crippen molar-refractivity contribution in [2.45, 2.75) is 217 Å². The fourth-order valence-corrected chi connectivity index (χ4v) is 13.9. The van der Waals surface area contributed by atoms with Crippen LogP contribution in [0.5, 0.6) is 0 Å². The van der Waals surface area contributed by atoms with Crippen LogP contribution in [0.1, 0.15) is 168 Å². The molecule has 0 radical (unpaired) electrons. The monoisotopic (exact) mass is 1300 g/mol. The maximum atomic E-state index is 15.1. The molecule has 3 aliphatic carbocycles. The summed E-state index contributed by atoms with van der Waals surface area (Å²) in [4.78, 5) is 169. The average Bonchev–Trinajstić information content (AvgIpc) is 1.88. The largest absolute Gasteiger partial charge is 0.417 e. The molecule has 1 unspecified atom stereocenters. The number of carbonyl (C=O) groups is 11. The Morgan fingerprint density at radius 2 is 1.27 bits per heavy atom. The van der Waals surface area contributed by atoms with Crippen LogP contribution in [-0.4, -0.2) is 216 Å². The minimum Gasteiger partial charge on any atom is -0.351 e. The number of hydrogen-bond donors (Lipinski definition) is 4. The maximum absolute atomic E-state index is 15.1. The van der Waals surface area contributed by atoms with Crippen molar-refractivity contribution in [2.24, 2.45) is 23.7 Å². The van der Waals surface area contributed by atoms with E-state index in [4.69, 9.17) is 11.6 Å². The Morgan fingerprint density at radius 3 is 1.87 bits per heavy atom. The van der Waals surface area contributed by atoms with E-state index in [1.54, 1.807) is 13.8 Å². The standard InChI is InChI=1S/C65H99ClF3N11O11/c1-12-40(4)55-62(90)76(8)37-53(83)74(6)38-54(84)78(10)50(35-42-20-14-13-15-21-42)61(89)75(7)36-51(81)71-47(28-26-43-25-27-45(46(66)34-43)65(67,68)69)60(88)80-31-19-24-48(80)58(86)73-64(29-16-17-30-64)63(91)79(11)56(44-22-18-23-44)59(87)70-41(5)33-52(82)77(9)49(32-39(2)3)57(85)72-55/h25,27,34,39-42,44,47-50,55-56H,12-24,26,28-33,35-38H2,1-11H3,(H,70,87)(H,71,81)(H,72,85)(H,73,86)/t40-,41+,47-,48?,49-,50-,55-,56-/m0/s1. The fraction of sp³-hybridized carbons (Fsp3) is 0.738. The molecule has 2 aliphatic heterocycles. The van der Waals surface area contributed by atoms with Crippen molar-refractivity contribution in [3.8, 4) is 0 Å². The van der Waals surface area contributed by atoms with Crippen LogP contribution < -0.4 is 21.3 Å². The summed E-state index contributed by atoms with van der Waals surface area (Å²) in [5.41, 5.74) is -2.22. The molecule has 2 heterocycles. The van der Waals surface area contributed by atoms with Crippen molar-refractivity contribution in [1.29, 1.82) is 0 Å². The lowest BCUT2D eigenvalue weighted by Gasteiger charge is -2.43. The van der Waals surface area contributed by atoms with Gasteiger partial charge in [-0.2, -0.15) is 13.2 Å². The number of nitrogens with one attached hydrogen (secondary N) is 4. The van der Waals surface area contributed by atoms with Crippen LogP contribution in [0, 0.1) is 23.7 Å². The van der Waals surface area contributed by atoms with Gasteiger partial charge in [0, 0.05) is 61.3 Å². The highest BCUT2D eigenvalue weighted by molar-refractivity contribution is 6.31. The zero-order valence-electron chi connectivity index (χ0n) is 55.2. The molecule has 26 heteroatoms. The van der Waals surface area contributed by atoms with Crippen LogP contribution in [0.3, 0.4) is 0 Å². The van der Waals surface area contributed by atoms with Gasteiger partial charge in [-0.1, -0.05) is 103 Å². The Labute approximate surface area is 539 Å².